The van der Waals surface area contributed by atoms with E-state index >= 15 is 0 Å². The summed E-state index contributed by atoms with van der Waals surface area (Å²) in [7, 11) is 0. The van der Waals surface area contributed by atoms with E-state index < -0.39 is 0 Å². The summed E-state index contributed by atoms with van der Waals surface area (Å²) in [5.41, 5.74) is 0. The van der Waals surface area contributed by atoms with Crippen molar-refractivity contribution in [3.05, 3.63) is 20.8 Å². The van der Waals surface area contributed by atoms with Gasteiger partial charge >= 0.3 is 0 Å². The molecule has 0 aromatic carbocycles. The van der Waals surface area contributed by atoms with Crippen molar-refractivity contribution in [1.82, 2.24) is 5.32 Å². The molecule has 1 N–H and O–H groups in total. The van der Waals surface area contributed by atoms with Gasteiger partial charge in [-0.25, -0.2) is 0 Å². The Balaban J connectivity index is 1.82. The molecule has 1 aliphatic carbocycles. The molecule has 3 heteroatoms. The number of hydrogen-bond acceptors (Lipinski definition) is 2. The first kappa shape index (κ1) is 10.7. The molecule has 2 rings (SSSR count). The molecule has 1 saturated carbocycles. The fourth-order valence-corrected chi connectivity index (χ4v) is 3.50. The average Bonchev–Trinajstić information content (AvgIpc) is 2.48. The second-order valence-corrected chi connectivity index (χ2v) is 5.86. The monoisotopic (exact) mass is 273 g/mol. The highest BCUT2D eigenvalue weighted by molar-refractivity contribution is 9.10. The summed E-state index contributed by atoms with van der Waals surface area (Å²) < 4.78 is 1.25. The molecule has 78 valence electrons. The molecule has 1 fully saturated rings. The fraction of sp³-hybridized carbons (Fsp3) is 0.636. The number of nitrogens with one attached hydrogen (secondary N) is 1. The van der Waals surface area contributed by atoms with Crippen LogP contribution >= 0.6 is 27.3 Å². The van der Waals surface area contributed by atoms with Crippen LogP contribution in [-0.2, 0) is 0 Å². The highest BCUT2D eigenvalue weighted by atomic mass is 79.9. The molecule has 1 atom stereocenters. The third-order valence-corrected chi connectivity index (χ3v) is 5.03. The topological polar surface area (TPSA) is 12.0 Å². The molecule has 1 aliphatic rings. The van der Waals surface area contributed by atoms with Crippen molar-refractivity contribution in [3.63, 3.8) is 0 Å². The van der Waals surface area contributed by atoms with Gasteiger partial charge in [-0.15, -0.1) is 11.3 Å². The lowest BCUT2D eigenvalue weighted by Gasteiger charge is -2.27. The zero-order valence-electron chi connectivity index (χ0n) is 8.42. The number of halogens is 1. The van der Waals surface area contributed by atoms with Gasteiger partial charge in [0.1, 0.15) is 0 Å². The summed E-state index contributed by atoms with van der Waals surface area (Å²) >= 11 is 5.40. The van der Waals surface area contributed by atoms with Gasteiger partial charge in [0.25, 0.3) is 0 Å². The summed E-state index contributed by atoms with van der Waals surface area (Å²) in [5.74, 6) is 0.941. The van der Waals surface area contributed by atoms with E-state index in [2.05, 4.69) is 39.6 Å². The minimum absolute atomic E-state index is 0.491. The first-order valence-corrected chi connectivity index (χ1v) is 6.91. The lowest BCUT2D eigenvalue weighted by molar-refractivity contribution is 0.293. The second-order valence-electron chi connectivity index (χ2n) is 4.06. The lowest BCUT2D eigenvalue weighted by atomic mass is 9.85. The lowest BCUT2D eigenvalue weighted by Crippen LogP contribution is -2.29. The second kappa shape index (κ2) is 4.77. The molecule has 1 aromatic heterocycles. The summed E-state index contributed by atoms with van der Waals surface area (Å²) in [6, 6.07) is 2.62. The van der Waals surface area contributed by atoms with Crippen LogP contribution in [0.25, 0.3) is 0 Å². The molecule has 0 spiro atoms. The smallest absolute Gasteiger partial charge is 0.0397 e. The minimum Gasteiger partial charge on any atom is -0.309 e. The van der Waals surface area contributed by atoms with E-state index in [0.717, 1.165) is 5.92 Å². The van der Waals surface area contributed by atoms with E-state index in [4.69, 9.17) is 0 Å². The van der Waals surface area contributed by atoms with Crippen LogP contribution in [0.2, 0.25) is 0 Å². The van der Waals surface area contributed by atoms with E-state index in [-0.39, 0.29) is 0 Å². The van der Waals surface area contributed by atoms with Crippen molar-refractivity contribution in [2.24, 2.45) is 5.92 Å². The Morgan fingerprint density at radius 2 is 2.43 bits per heavy atom. The predicted octanol–water partition coefficient (Wildman–Crippen LogP) is 3.96. The van der Waals surface area contributed by atoms with Crippen LogP contribution < -0.4 is 5.32 Å². The molecule has 1 unspecified atom stereocenters. The SMILES string of the molecule is CC(NCC1CCC1)c1sccc1Br. The van der Waals surface area contributed by atoms with Crippen molar-refractivity contribution in [1.29, 1.82) is 0 Å². The Morgan fingerprint density at radius 1 is 1.64 bits per heavy atom. The predicted molar refractivity (Wildman–Crippen MR) is 65.8 cm³/mol. The van der Waals surface area contributed by atoms with Crippen LogP contribution in [0.5, 0.6) is 0 Å². The molecule has 1 heterocycles. The maximum Gasteiger partial charge on any atom is 0.0397 e. The van der Waals surface area contributed by atoms with Gasteiger partial charge < -0.3 is 5.32 Å². The largest absolute Gasteiger partial charge is 0.309 e. The maximum atomic E-state index is 3.61. The zero-order valence-corrected chi connectivity index (χ0v) is 10.8. The first-order chi connectivity index (χ1) is 6.77. The van der Waals surface area contributed by atoms with Crippen LogP contribution in [0.1, 0.15) is 37.1 Å². The van der Waals surface area contributed by atoms with E-state index in [9.17, 15) is 0 Å². The molecule has 0 bridgehead atoms. The van der Waals surface area contributed by atoms with E-state index in [1.807, 2.05) is 11.3 Å². The van der Waals surface area contributed by atoms with Gasteiger partial charge in [-0.1, -0.05) is 6.42 Å². The van der Waals surface area contributed by atoms with Gasteiger partial charge in [0.2, 0.25) is 0 Å². The van der Waals surface area contributed by atoms with Crippen LogP contribution in [0, 0.1) is 5.92 Å². The number of rotatable bonds is 4. The Labute approximate surface area is 98.0 Å². The van der Waals surface area contributed by atoms with Gasteiger partial charge in [-0.2, -0.15) is 0 Å². The van der Waals surface area contributed by atoms with Gasteiger partial charge in [0.05, 0.1) is 0 Å². The van der Waals surface area contributed by atoms with Crippen LogP contribution in [0.15, 0.2) is 15.9 Å². The van der Waals surface area contributed by atoms with Gasteiger partial charge in [-0.3, -0.25) is 0 Å². The highest BCUT2D eigenvalue weighted by Gasteiger charge is 2.18. The summed E-state index contributed by atoms with van der Waals surface area (Å²) in [6.45, 7) is 3.43. The van der Waals surface area contributed by atoms with Crippen molar-refractivity contribution < 1.29 is 0 Å². The van der Waals surface area contributed by atoms with Crippen molar-refractivity contribution in [2.75, 3.05) is 6.54 Å². The van der Waals surface area contributed by atoms with E-state index in [1.165, 1.54) is 35.2 Å². The zero-order chi connectivity index (χ0) is 9.97. The molecular formula is C11H16BrNS. The van der Waals surface area contributed by atoms with Crippen molar-refractivity contribution in [2.45, 2.75) is 32.2 Å². The van der Waals surface area contributed by atoms with E-state index in [0.29, 0.717) is 6.04 Å². The van der Waals surface area contributed by atoms with Gasteiger partial charge in [0.15, 0.2) is 0 Å². The average molecular weight is 274 g/mol. The van der Waals surface area contributed by atoms with Crippen LogP contribution in [-0.4, -0.2) is 6.54 Å². The summed E-state index contributed by atoms with van der Waals surface area (Å²) in [4.78, 5) is 1.42. The van der Waals surface area contributed by atoms with E-state index in [1.54, 1.807) is 0 Å². The van der Waals surface area contributed by atoms with Crippen LogP contribution in [0.3, 0.4) is 0 Å². The molecule has 1 nitrogen and oxygen atoms in total. The van der Waals surface area contributed by atoms with Gasteiger partial charge in [-0.05, 0) is 59.6 Å². The third-order valence-electron chi connectivity index (χ3n) is 2.98. The quantitative estimate of drug-likeness (QED) is 0.876. The molecule has 1 aromatic rings. The fourth-order valence-electron chi connectivity index (χ4n) is 1.75. The van der Waals surface area contributed by atoms with Gasteiger partial charge in [0, 0.05) is 15.4 Å². The number of hydrogen-bond donors (Lipinski definition) is 1. The normalized spacial score (nSPS) is 19.3. The van der Waals surface area contributed by atoms with Crippen LogP contribution in [0.4, 0.5) is 0 Å². The Kier molecular flexibility index (Phi) is 3.63. The Morgan fingerprint density at radius 3 is 2.93 bits per heavy atom. The van der Waals surface area contributed by atoms with Crippen molar-refractivity contribution >= 4 is 27.3 Å². The Hall–Kier alpha value is 0.140. The molecule has 0 radical (unpaired) electrons. The molecule has 0 amide bonds. The molecule has 0 aliphatic heterocycles. The Bertz CT molecular complexity index is 293. The first-order valence-electron chi connectivity index (χ1n) is 5.23. The molecule has 14 heavy (non-hydrogen) atoms. The standard InChI is InChI=1S/C11H16BrNS/c1-8(11-10(12)5-6-14-11)13-7-9-3-2-4-9/h5-6,8-9,13H,2-4,7H2,1H3. The minimum atomic E-state index is 0.491. The summed E-state index contributed by atoms with van der Waals surface area (Å²) in [5, 5.41) is 5.75. The third kappa shape index (κ3) is 2.38. The molecular weight excluding hydrogens is 258 g/mol. The maximum absolute atomic E-state index is 3.61. The molecule has 0 saturated heterocycles. The highest BCUT2D eigenvalue weighted by Crippen LogP contribution is 2.30. The number of thiophene rings is 1. The van der Waals surface area contributed by atoms with Crippen molar-refractivity contribution in [3.8, 4) is 0 Å². The summed E-state index contributed by atoms with van der Waals surface area (Å²) in [6.07, 6.45) is 4.28.